The molecule has 0 aliphatic heterocycles. The number of esters is 1. The Labute approximate surface area is 79.7 Å². The molecule has 1 aliphatic carbocycles. The fourth-order valence-corrected chi connectivity index (χ4v) is 0.754. The van der Waals surface area contributed by atoms with Crippen molar-refractivity contribution in [1.82, 2.24) is 0 Å². The van der Waals surface area contributed by atoms with Gasteiger partial charge in [-0.3, -0.25) is 4.79 Å². The fraction of sp³-hybridized carbons (Fsp3) is 0.833. The lowest BCUT2D eigenvalue weighted by atomic mass is 10.4. The van der Waals surface area contributed by atoms with Gasteiger partial charge in [-0.1, -0.05) is 34.8 Å². The second-order valence-corrected chi connectivity index (χ2v) is 5.01. The van der Waals surface area contributed by atoms with E-state index in [9.17, 15) is 4.79 Å². The predicted octanol–water partition coefficient (Wildman–Crippen LogP) is 2.31. The molecule has 0 unspecified atom stereocenters. The molecule has 0 N–H and O–H groups in total. The van der Waals surface area contributed by atoms with Crippen LogP contribution in [0.15, 0.2) is 0 Å². The average molecular weight is 217 g/mol. The Morgan fingerprint density at radius 2 is 2.00 bits per heavy atom. The highest BCUT2D eigenvalue weighted by molar-refractivity contribution is 6.67. The topological polar surface area (TPSA) is 26.3 Å². The van der Waals surface area contributed by atoms with Crippen LogP contribution in [0.1, 0.15) is 12.8 Å². The Morgan fingerprint density at radius 1 is 1.45 bits per heavy atom. The highest BCUT2D eigenvalue weighted by Crippen LogP contribution is 2.32. The number of rotatable bonds is 2. The van der Waals surface area contributed by atoms with Gasteiger partial charge in [-0.25, -0.2) is 0 Å². The normalized spacial score (nSPS) is 18.1. The molecule has 0 spiro atoms. The lowest BCUT2D eigenvalue weighted by Gasteiger charge is -2.10. The first-order valence-corrected chi connectivity index (χ1v) is 4.36. The Balaban J connectivity index is 2.16. The van der Waals surface area contributed by atoms with Crippen molar-refractivity contribution >= 4 is 40.8 Å². The van der Waals surface area contributed by atoms with E-state index in [1.807, 2.05) is 0 Å². The number of ether oxygens (including phenoxy) is 1. The first kappa shape index (κ1) is 9.43. The van der Waals surface area contributed by atoms with E-state index in [1.54, 1.807) is 0 Å². The van der Waals surface area contributed by atoms with Gasteiger partial charge in [0.1, 0.15) is 6.61 Å². The van der Waals surface area contributed by atoms with Crippen LogP contribution in [-0.2, 0) is 9.53 Å². The van der Waals surface area contributed by atoms with E-state index in [2.05, 4.69) is 0 Å². The zero-order valence-corrected chi connectivity index (χ0v) is 7.92. The van der Waals surface area contributed by atoms with Crippen LogP contribution in [0.2, 0.25) is 0 Å². The van der Waals surface area contributed by atoms with Gasteiger partial charge in [0.15, 0.2) is 0 Å². The summed E-state index contributed by atoms with van der Waals surface area (Å²) in [6.07, 6.45) is 1.80. The summed E-state index contributed by atoms with van der Waals surface area (Å²) in [7, 11) is 0. The molecule has 0 aromatic rings. The Kier molecular flexibility index (Phi) is 2.90. The Hall–Kier alpha value is 0.340. The minimum absolute atomic E-state index is 0.0577. The first-order chi connectivity index (χ1) is 4.99. The second-order valence-electron chi connectivity index (χ2n) is 2.50. The molecule has 1 fully saturated rings. The Morgan fingerprint density at radius 3 is 2.36 bits per heavy atom. The molecule has 64 valence electrons. The van der Waals surface area contributed by atoms with Crippen molar-refractivity contribution in [2.24, 2.45) is 5.92 Å². The van der Waals surface area contributed by atoms with Gasteiger partial charge in [0.05, 0.1) is 5.92 Å². The zero-order valence-electron chi connectivity index (χ0n) is 5.65. The molecule has 0 aromatic heterocycles. The smallest absolute Gasteiger partial charge is 0.309 e. The molecule has 2 nitrogen and oxygen atoms in total. The minimum Gasteiger partial charge on any atom is -0.461 e. The third-order valence-corrected chi connectivity index (χ3v) is 1.62. The van der Waals surface area contributed by atoms with E-state index in [-0.39, 0.29) is 18.5 Å². The molecule has 0 radical (unpaired) electrons. The molecule has 1 saturated carbocycles. The van der Waals surface area contributed by atoms with Gasteiger partial charge < -0.3 is 4.74 Å². The van der Waals surface area contributed by atoms with Crippen LogP contribution in [0, 0.1) is 5.92 Å². The molecular weight excluding hydrogens is 210 g/mol. The second kappa shape index (κ2) is 3.38. The van der Waals surface area contributed by atoms with Crippen molar-refractivity contribution < 1.29 is 9.53 Å². The van der Waals surface area contributed by atoms with Gasteiger partial charge in [-0.15, -0.1) is 0 Å². The largest absolute Gasteiger partial charge is 0.461 e. The van der Waals surface area contributed by atoms with E-state index < -0.39 is 3.79 Å². The molecule has 0 saturated heterocycles. The predicted molar refractivity (Wildman–Crippen MR) is 44.0 cm³/mol. The molecule has 0 atom stereocenters. The van der Waals surface area contributed by atoms with E-state index in [0.717, 1.165) is 12.8 Å². The molecule has 0 amide bonds. The summed E-state index contributed by atoms with van der Waals surface area (Å²) in [4.78, 5) is 10.9. The highest BCUT2D eigenvalue weighted by atomic mass is 35.6. The number of alkyl halides is 3. The summed E-state index contributed by atoms with van der Waals surface area (Å²) in [6.45, 7) is -0.160. The van der Waals surface area contributed by atoms with Gasteiger partial charge in [0.25, 0.3) is 0 Å². The van der Waals surface area contributed by atoms with Crippen molar-refractivity contribution in [3.05, 3.63) is 0 Å². The molecule has 1 rings (SSSR count). The van der Waals surface area contributed by atoms with Crippen LogP contribution >= 0.6 is 34.8 Å². The van der Waals surface area contributed by atoms with Crippen LogP contribution in [0.4, 0.5) is 0 Å². The van der Waals surface area contributed by atoms with Crippen molar-refractivity contribution in [3.8, 4) is 0 Å². The summed E-state index contributed by atoms with van der Waals surface area (Å²) in [6, 6.07) is 0. The first-order valence-electron chi connectivity index (χ1n) is 3.22. The number of hydrogen-bond acceptors (Lipinski definition) is 2. The van der Waals surface area contributed by atoms with Crippen LogP contribution in [0.3, 0.4) is 0 Å². The maximum Gasteiger partial charge on any atom is 0.309 e. The van der Waals surface area contributed by atoms with Gasteiger partial charge >= 0.3 is 5.97 Å². The number of carbonyl (C=O) groups is 1. The standard InChI is InChI=1S/C6H7Cl3O2/c7-6(8,9)3-11-5(10)4-1-2-4/h4H,1-3H2. The molecule has 1 aliphatic rings. The van der Waals surface area contributed by atoms with Crippen LogP contribution in [0.25, 0.3) is 0 Å². The van der Waals surface area contributed by atoms with Gasteiger partial charge in [0.2, 0.25) is 3.79 Å². The van der Waals surface area contributed by atoms with Crippen LogP contribution in [0.5, 0.6) is 0 Å². The molecule has 0 heterocycles. The molecular formula is C6H7Cl3O2. The summed E-state index contributed by atoms with van der Waals surface area (Å²) in [5, 5.41) is 0. The maximum atomic E-state index is 10.9. The number of hydrogen-bond donors (Lipinski definition) is 0. The van der Waals surface area contributed by atoms with Crippen molar-refractivity contribution in [2.45, 2.75) is 16.6 Å². The van der Waals surface area contributed by atoms with Gasteiger partial charge in [0, 0.05) is 0 Å². The average Bonchev–Trinajstić information content (AvgIpc) is 2.61. The number of halogens is 3. The van der Waals surface area contributed by atoms with Crippen molar-refractivity contribution in [3.63, 3.8) is 0 Å². The van der Waals surface area contributed by atoms with Crippen molar-refractivity contribution in [1.29, 1.82) is 0 Å². The summed E-state index contributed by atoms with van der Waals surface area (Å²) >= 11 is 16.1. The molecule has 0 aromatic carbocycles. The van der Waals surface area contributed by atoms with E-state index in [0.29, 0.717) is 0 Å². The third-order valence-electron chi connectivity index (χ3n) is 1.29. The third kappa shape index (κ3) is 4.04. The van der Waals surface area contributed by atoms with Crippen LogP contribution < -0.4 is 0 Å². The van der Waals surface area contributed by atoms with E-state index in [4.69, 9.17) is 39.5 Å². The highest BCUT2D eigenvalue weighted by Gasteiger charge is 2.33. The summed E-state index contributed by atoms with van der Waals surface area (Å²) in [5.74, 6) is -0.196. The zero-order chi connectivity index (χ0) is 8.48. The van der Waals surface area contributed by atoms with Crippen molar-refractivity contribution in [2.75, 3.05) is 6.61 Å². The van der Waals surface area contributed by atoms with Crippen LogP contribution in [-0.4, -0.2) is 16.4 Å². The molecule has 11 heavy (non-hydrogen) atoms. The monoisotopic (exact) mass is 216 g/mol. The van der Waals surface area contributed by atoms with E-state index >= 15 is 0 Å². The number of carbonyl (C=O) groups excluding carboxylic acids is 1. The lowest BCUT2D eigenvalue weighted by Crippen LogP contribution is -2.17. The minimum atomic E-state index is -1.48. The maximum absolute atomic E-state index is 10.9. The van der Waals surface area contributed by atoms with Gasteiger partial charge in [-0.2, -0.15) is 0 Å². The quantitative estimate of drug-likeness (QED) is 0.524. The fourth-order valence-electron chi connectivity index (χ4n) is 0.590. The molecule has 0 bridgehead atoms. The lowest BCUT2D eigenvalue weighted by molar-refractivity contribution is -0.145. The van der Waals surface area contributed by atoms with E-state index in [1.165, 1.54) is 0 Å². The summed E-state index contributed by atoms with van der Waals surface area (Å²) in [5.41, 5.74) is 0. The van der Waals surface area contributed by atoms with Gasteiger partial charge in [-0.05, 0) is 12.8 Å². The Bertz CT molecular complexity index is 160. The SMILES string of the molecule is O=C(OCC(Cl)(Cl)Cl)C1CC1. The summed E-state index contributed by atoms with van der Waals surface area (Å²) < 4.78 is 3.21. The molecule has 5 heteroatoms.